The van der Waals surface area contributed by atoms with Crippen molar-refractivity contribution in [3.63, 3.8) is 0 Å². The number of hydrogen-bond acceptors (Lipinski definition) is 6. The summed E-state index contributed by atoms with van der Waals surface area (Å²) in [5.74, 6) is 2.24. The van der Waals surface area contributed by atoms with Crippen LogP contribution < -0.4 is 0 Å². The van der Waals surface area contributed by atoms with Crippen molar-refractivity contribution in [2.45, 2.75) is 31.9 Å². The Kier molecular flexibility index (Phi) is 4.22. The number of rotatable bonds is 7. The second kappa shape index (κ2) is 6.09. The Hall–Kier alpha value is -1.98. The molecule has 2 heterocycles. The lowest BCUT2D eigenvalue weighted by molar-refractivity contribution is 0.143. The van der Waals surface area contributed by atoms with Crippen LogP contribution in [-0.4, -0.2) is 12.6 Å². The highest BCUT2D eigenvalue weighted by Gasteiger charge is 2.18. The molecule has 0 aromatic carbocycles. The average molecular weight is 250 g/mol. The molecule has 0 saturated heterocycles. The Morgan fingerprint density at radius 3 is 2.78 bits per heavy atom. The highest BCUT2D eigenvalue weighted by Crippen LogP contribution is 2.22. The van der Waals surface area contributed by atoms with Crippen molar-refractivity contribution in [1.29, 1.82) is 0 Å². The summed E-state index contributed by atoms with van der Waals surface area (Å²) < 4.78 is 10.9. The summed E-state index contributed by atoms with van der Waals surface area (Å²) in [5, 5.41) is 5.59. The molecule has 1 unspecified atom stereocenters. The van der Waals surface area contributed by atoms with Crippen LogP contribution in [0.25, 0.3) is 0 Å². The van der Waals surface area contributed by atoms with Crippen LogP contribution in [-0.2, 0) is 17.7 Å². The molecule has 0 fully saturated rings. The molecule has 0 spiro atoms. The molecule has 0 radical (unpaired) electrons. The van der Waals surface area contributed by atoms with Gasteiger partial charge in [-0.3, -0.25) is 0 Å². The first kappa shape index (κ1) is 12.5. The fraction of sp³-hybridized carbons (Fsp3) is 0.500. The maximum atomic E-state index is 10.1. The second-order valence-corrected chi connectivity index (χ2v) is 4.11. The predicted octanol–water partition coefficient (Wildman–Crippen LogP) is 2.92. The minimum Gasteiger partial charge on any atom is -0.493 e. The summed E-state index contributed by atoms with van der Waals surface area (Å²) in [4.78, 5) is 20.2. The molecule has 0 saturated carbocycles. The van der Waals surface area contributed by atoms with Gasteiger partial charge in [-0.2, -0.15) is 9.81 Å². The third kappa shape index (κ3) is 3.26. The van der Waals surface area contributed by atoms with Gasteiger partial charge in [-0.25, -0.2) is 0 Å². The summed E-state index contributed by atoms with van der Waals surface area (Å²) in [7, 11) is 0. The van der Waals surface area contributed by atoms with Gasteiger partial charge < -0.3 is 9.15 Å². The van der Waals surface area contributed by atoms with E-state index >= 15 is 0 Å². The van der Waals surface area contributed by atoms with Gasteiger partial charge in [0.2, 0.25) is 0 Å². The first-order chi connectivity index (χ1) is 8.81. The van der Waals surface area contributed by atoms with Crippen molar-refractivity contribution >= 4 is 0 Å². The van der Waals surface area contributed by atoms with Gasteiger partial charge in [0.15, 0.2) is 0 Å². The Labute approximate surface area is 104 Å². The van der Waals surface area contributed by atoms with Crippen molar-refractivity contribution < 1.29 is 9.15 Å². The molecule has 0 aliphatic carbocycles. The number of nitrogens with zero attached hydrogens (tertiary/aromatic N) is 2. The molecule has 1 aliphatic rings. The molecule has 0 bridgehead atoms. The lowest BCUT2D eigenvalue weighted by atomic mass is 10.2. The third-order valence-electron chi connectivity index (χ3n) is 2.76. The third-order valence-corrected chi connectivity index (χ3v) is 2.76. The normalized spacial score (nSPS) is 18.2. The average Bonchev–Trinajstić information content (AvgIpc) is 2.97. The van der Waals surface area contributed by atoms with E-state index in [1.165, 1.54) is 0 Å². The largest absolute Gasteiger partial charge is 0.493 e. The van der Waals surface area contributed by atoms with E-state index in [1.807, 2.05) is 12.1 Å². The second-order valence-electron chi connectivity index (χ2n) is 4.11. The molecule has 0 amide bonds. The molecule has 1 aliphatic heterocycles. The van der Waals surface area contributed by atoms with Gasteiger partial charge in [0, 0.05) is 19.3 Å². The first-order valence-electron chi connectivity index (χ1n) is 5.83. The molecule has 96 valence electrons. The van der Waals surface area contributed by atoms with Gasteiger partial charge in [-0.1, -0.05) is 10.4 Å². The van der Waals surface area contributed by atoms with Crippen LogP contribution >= 0.6 is 0 Å². The number of aryl methyl sites for hydroxylation is 1. The van der Waals surface area contributed by atoms with E-state index in [4.69, 9.17) is 9.15 Å². The van der Waals surface area contributed by atoms with Crippen LogP contribution in [0.2, 0.25) is 0 Å². The molecule has 6 heteroatoms. The highest BCUT2D eigenvalue weighted by atomic mass is 16.5. The van der Waals surface area contributed by atoms with Gasteiger partial charge >= 0.3 is 0 Å². The van der Waals surface area contributed by atoms with E-state index in [0.29, 0.717) is 12.2 Å². The molecule has 2 rings (SSSR count). The van der Waals surface area contributed by atoms with Crippen LogP contribution in [0.15, 0.2) is 38.7 Å². The fourth-order valence-electron chi connectivity index (χ4n) is 1.88. The van der Waals surface area contributed by atoms with Crippen LogP contribution in [0.5, 0.6) is 0 Å². The monoisotopic (exact) mass is 250 g/mol. The molecule has 1 atom stereocenters. The van der Waals surface area contributed by atoms with Crippen LogP contribution in [0.3, 0.4) is 0 Å². The number of furan rings is 1. The zero-order valence-electron chi connectivity index (χ0n) is 9.87. The molecular formula is C12H14N2O4. The van der Waals surface area contributed by atoms with Crippen LogP contribution in [0.4, 0.5) is 0 Å². The summed E-state index contributed by atoms with van der Waals surface area (Å²) in [6.07, 6.45) is 4.03. The molecule has 1 aromatic rings. The molecule has 6 nitrogen and oxygen atoms in total. The summed E-state index contributed by atoms with van der Waals surface area (Å²) in [6.45, 7) is 0.252. The van der Waals surface area contributed by atoms with Gasteiger partial charge in [0.05, 0.1) is 5.76 Å². The summed E-state index contributed by atoms with van der Waals surface area (Å²) in [6, 6.07) is 3.58. The smallest absolute Gasteiger partial charge is 0.139 e. The predicted molar refractivity (Wildman–Crippen MR) is 64.8 cm³/mol. The topological polar surface area (TPSA) is 81.2 Å². The Morgan fingerprint density at radius 1 is 1.17 bits per heavy atom. The number of allylic oxidation sites excluding steroid dienone is 1. The van der Waals surface area contributed by atoms with E-state index < -0.39 is 0 Å². The zero-order valence-corrected chi connectivity index (χ0v) is 9.87. The Morgan fingerprint density at radius 2 is 2.00 bits per heavy atom. The quantitative estimate of drug-likeness (QED) is 0.696. The summed E-state index contributed by atoms with van der Waals surface area (Å²) in [5.41, 5.74) is 0. The molecule has 18 heavy (non-hydrogen) atoms. The Balaban J connectivity index is 1.77. The van der Waals surface area contributed by atoms with E-state index in [2.05, 4.69) is 10.4 Å². The van der Waals surface area contributed by atoms with E-state index in [0.717, 1.165) is 24.4 Å². The van der Waals surface area contributed by atoms with Crippen LogP contribution in [0.1, 0.15) is 24.4 Å². The van der Waals surface area contributed by atoms with Crippen molar-refractivity contribution in [3.05, 3.63) is 45.3 Å². The fourth-order valence-corrected chi connectivity index (χ4v) is 1.88. The maximum Gasteiger partial charge on any atom is 0.139 e. The van der Waals surface area contributed by atoms with Crippen molar-refractivity contribution in [1.82, 2.24) is 0 Å². The number of hydrogen-bond donors (Lipinski definition) is 0. The maximum absolute atomic E-state index is 10.1. The van der Waals surface area contributed by atoms with E-state index in [-0.39, 0.29) is 19.2 Å². The van der Waals surface area contributed by atoms with Crippen molar-refractivity contribution in [2.24, 2.45) is 10.4 Å². The SMILES string of the molecule is O=NCc1ccc(CCC2=CCC(CN=O)O2)o1. The first-order valence-corrected chi connectivity index (χ1v) is 5.83. The number of ether oxygens (including phenoxy) is 1. The van der Waals surface area contributed by atoms with Crippen molar-refractivity contribution in [2.75, 3.05) is 6.54 Å². The van der Waals surface area contributed by atoms with Gasteiger partial charge in [0.25, 0.3) is 0 Å². The van der Waals surface area contributed by atoms with Crippen molar-refractivity contribution in [3.8, 4) is 0 Å². The van der Waals surface area contributed by atoms with Gasteiger partial charge in [0.1, 0.15) is 30.7 Å². The summed E-state index contributed by atoms with van der Waals surface area (Å²) >= 11 is 0. The lowest BCUT2D eigenvalue weighted by Crippen LogP contribution is -2.09. The van der Waals surface area contributed by atoms with E-state index in [9.17, 15) is 9.81 Å². The van der Waals surface area contributed by atoms with Gasteiger partial charge in [-0.15, -0.1) is 0 Å². The van der Waals surface area contributed by atoms with E-state index in [1.54, 1.807) is 6.07 Å². The number of nitroso groups, excluding NO2 is 2. The molecule has 0 N–H and O–H groups in total. The molecular weight excluding hydrogens is 236 g/mol. The highest BCUT2D eigenvalue weighted by molar-refractivity contribution is 5.10. The van der Waals surface area contributed by atoms with Crippen LogP contribution in [0, 0.1) is 9.81 Å². The molecule has 1 aromatic heterocycles. The minimum absolute atomic E-state index is 0.0618. The minimum atomic E-state index is -0.107. The Bertz CT molecular complexity index is 453. The lowest BCUT2D eigenvalue weighted by Gasteiger charge is -2.08. The zero-order chi connectivity index (χ0) is 12.8. The van der Waals surface area contributed by atoms with Gasteiger partial charge in [-0.05, 0) is 18.2 Å². The standard InChI is InChI=1S/C12H14N2O4/c15-13-7-11-5-3-9(17-11)1-2-10-4-6-12(18-10)8-14-16/h3-5,12H,1-2,6-8H2.